The summed E-state index contributed by atoms with van der Waals surface area (Å²) in [6.45, 7) is 0. The van der Waals surface area contributed by atoms with E-state index in [9.17, 15) is 4.79 Å². The van der Waals surface area contributed by atoms with E-state index in [1.54, 1.807) is 30.2 Å². The van der Waals surface area contributed by atoms with E-state index in [4.69, 9.17) is 4.52 Å². The van der Waals surface area contributed by atoms with Crippen molar-refractivity contribution in [1.82, 2.24) is 14.9 Å². The summed E-state index contributed by atoms with van der Waals surface area (Å²) < 4.78 is 6.79. The molecule has 0 fully saturated rings. The van der Waals surface area contributed by atoms with Gasteiger partial charge in [-0.1, -0.05) is 35.5 Å². The Hall–Kier alpha value is -2.89. The minimum absolute atomic E-state index is 0.229. The maximum Gasteiger partial charge on any atom is 0.277 e. The fourth-order valence-electron chi connectivity index (χ4n) is 1.80. The van der Waals surface area contributed by atoms with Crippen LogP contribution >= 0.6 is 0 Å². The normalized spacial score (nSPS) is 10.4. The maximum absolute atomic E-state index is 12.0. The quantitative estimate of drug-likeness (QED) is 0.791. The lowest BCUT2D eigenvalue weighted by Crippen LogP contribution is -2.11. The lowest BCUT2D eigenvalue weighted by atomic mass is 10.1. The van der Waals surface area contributed by atoms with E-state index in [0.717, 1.165) is 5.56 Å². The predicted molar refractivity (Wildman–Crippen MR) is 73.1 cm³/mol. The second-order valence-corrected chi connectivity index (χ2v) is 4.30. The highest BCUT2D eigenvalue weighted by molar-refractivity contribution is 6.03. The van der Waals surface area contributed by atoms with Crippen LogP contribution in [0.25, 0.3) is 11.3 Å². The van der Waals surface area contributed by atoms with Gasteiger partial charge in [-0.2, -0.15) is 5.10 Å². The van der Waals surface area contributed by atoms with E-state index >= 15 is 0 Å². The molecule has 0 aliphatic carbocycles. The summed E-state index contributed by atoms with van der Waals surface area (Å²) >= 11 is 0. The fourth-order valence-corrected chi connectivity index (χ4v) is 1.80. The van der Waals surface area contributed by atoms with Gasteiger partial charge in [0.15, 0.2) is 11.5 Å². The van der Waals surface area contributed by atoms with Gasteiger partial charge in [0, 0.05) is 24.9 Å². The first-order valence-corrected chi connectivity index (χ1v) is 6.04. The van der Waals surface area contributed by atoms with E-state index in [1.807, 2.05) is 30.3 Å². The molecule has 0 unspecified atom stereocenters. The molecule has 100 valence electrons. The summed E-state index contributed by atoms with van der Waals surface area (Å²) in [5.41, 5.74) is 1.72. The van der Waals surface area contributed by atoms with Gasteiger partial charge < -0.3 is 9.84 Å². The molecule has 0 radical (unpaired) electrons. The molecule has 6 nitrogen and oxygen atoms in total. The SMILES string of the molecule is Cn1cc(NC(=O)c2cc(-c3ccccc3)on2)cn1. The topological polar surface area (TPSA) is 73.0 Å². The van der Waals surface area contributed by atoms with Crippen LogP contribution in [0.1, 0.15) is 10.5 Å². The summed E-state index contributed by atoms with van der Waals surface area (Å²) in [7, 11) is 1.78. The number of anilines is 1. The molecule has 1 aromatic carbocycles. The van der Waals surface area contributed by atoms with E-state index in [-0.39, 0.29) is 11.6 Å². The van der Waals surface area contributed by atoms with Crippen molar-refractivity contribution in [2.75, 3.05) is 5.32 Å². The van der Waals surface area contributed by atoms with Crippen LogP contribution in [0, 0.1) is 0 Å². The fraction of sp³-hybridized carbons (Fsp3) is 0.0714. The number of nitrogens with one attached hydrogen (secondary N) is 1. The molecule has 2 heterocycles. The van der Waals surface area contributed by atoms with Crippen LogP contribution in [0.5, 0.6) is 0 Å². The first-order chi connectivity index (χ1) is 9.72. The smallest absolute Gasteiger partial charge is 0.277 e. The predicted octanol–water partition coefficient (Wildman–Crippen LogP) is 2.33. The van der Waals surface area contributed by atoms with Crippen LogP contribution in [-0.4, -0.2) is 20.8 Å². The second kappa shape index (κ2) is 5.00. The van der Waals surface area contributed by atoms with Crippen LogP contribution in [0.15, 0.2) is 53.3 Å². The van der Waals surface area contributed by atoms with Crippen LogP contribution in [0.4, 0.5) is 5.69 Å². The number of carbonyl (C=O) groups excluding carboxylic acids is 1. The highest BCUT2D eigenvalue weighted by Gasteiger charge is 2.14. The standard InChI is InChI=1S/C14H12N4O2/c1-18-9-11(8-15-18)16-14(19)12-7-13(20-17-12)10-5-3-2-4-6-10/h2-9H,1H3,(H,16,19). The molecule has 0 atom stereocenters. The molecule has 6 heteroatoms. The van der Waals surface area contributed by atoms with Gasteiger partial charge in [0.05, 0.1) is 11.9 Å². The molecule has 3 aromatic rings. The summed E-state index contributed by atoms with van der Waals surface area (Å²) in [5.74, 6) is 0.228. The van der Waals surface area contributed by atoms with Gasteiger partial charge in [-0.15, -0.1) is 0 Å². The number of carbonyl (C=O) groups is 1. The molecule has 1 N–H and O–H groups in total. The third-order valence-corrected chi connectivity index (χ3v) is 2.76. The lowest BCUT2D eigenvalue weighted by Gasteiger charge is -1.96. The molecule has 3 rings (SSSR count). The Balaban J connectivity index is 1.78. The molecule has 0 saturated carbocycles. The van der Waals surface area contributed by atoms with E-state index < -0.39 is 0 Å². The largest absolute Gasteiger partial charge is 0.355 e. The van der Waals surface area contributed by atoms with Crippen molar-refractivity contribution >= 4 is 11.6 Å². The maximum atomic E-state index is 12.0. The van der Waals surface area contributed by atoms with Crippen molar-refractivity contribution in [3.05, 3.63) is 54.5 Å². The van der Waals surface area contributed by atoms with Gasteiger partial charge in [0.25, 0.3) is 5.91 Å². The Bertz CT molecular complexity index is 730. The Labute approximate surface area is 115 Å². The Morgan fingerprint density at radius 2 is 2.10 bits per heavy atom. The van der Waals surface area contributed by atoms with Crippen molar-refractivity contribution in [3.8, 4) is 11.3 Å². The van der Waals surface area contributed by atoms with E-state index in [0.29, 0.717) is 11.4 Å². The summed E-state index contributed by atoms with van der Waals surface area (Å²) in [6, 6.07) is 11.1. The number of nitrogens with zero attached hydrogens (tertiary/aromatic N) is 3. The molecular formula is C14H12N4O2. The molecule has 0 spiro atoms. The van der Waals surface area contributed by atoms with Crippen LogP contribution < -0.4 is 5.32 Å². The summed E-state index contributed by atoms with van der Waals surface area (Å²) in [4.78, 5) is 12.0. The zero-order valence-corrected chi connectivity index (χ0v) is 10.8. The van der Waals surface area contributed by atoms with Gasteiger partial charge in [-0.3, -0.25) is 9.48 Å². The number of amides is 1. The van der Waals surface area contributed by atoms with E-state index in [1.165, 1.54) is 0 Å². The van der Waals surface area contributed by atoms with Gasteiger partial charge in [-0.25, -0.2) is 0 Å². The first kappa shape index (κ1) is 12.2. The number of rotatable bonds is 3. The zero-order valence-electron chi connectivity index (χ0n) is 10.8. The van der Waals surface area contributed by atoms with Gasteiger partial charge >= 0.3 is 0 Å². The number of hydrogen-bond acceptors (Lipinski definition) is 4. The van der Waals surface area contributed by atoms with Gasteiger partial charge in [-0.05, 0) is 0 Å². The summed E-state index contributed by atoms with van der Waals surface area (Å²) in [6.07, 6.45) is 3.27. The molecule has 0 aliphatic rings. The van der Waals surface area contributed by atoms with Crippen LogP contribution in [0.3, 0.4) is 0 Å². The molecule has 1 amide bonds. The Morgan fingerprint density at radius 1 is 1.30 bits per heavy atom. The monoisotopic (exact) mass is 268 g/mol. The number of benzene rings is 1. The molecule has 0 bridgehead atoms. The first-order valence-electron chi connectivity index (χ1n) is 6.04. The Kier molecular flexibility index (Phi) is 3.04. The third kappa shape index (κ3) is 2.44. The second-order valence-electron chi connectivity index (χ2n) is 4.30. The third-order valence-electron chi connectivity index (χ3n) is 2.76. The van der Waals surface area contributed by atoms with Crippen LogP contribution in [-0.2, 0) is 7.05 Å². The van der Waals surface area contributed by atoms with E-state index in [2.05, 4.69) is 15.6 Å². The number of aryl methyl sites for hydroxylation is 1. The number of aromatic nitrogens is 3. The minimum Gasteiger partial charge on any atom is -0.355 e. The van der Waals surface area contributed by atoms with Crippen molar-refractivity contribution in [2.24, 2.45) is 7.05 Å². The van der Waals surface area contributed by atoms with Gasteiger partial charge in [0.1, 0.15) is 0 Å². The van der Waals surface area contributed by atoms with Crippen molar-refractivity contribution in [3.63, 3.8) is 0 Å². The van der Waals surface area contributed by atoms with Crippen molar-refractivity contribution < 1.29 is 9.32 Å². The molecule has 2 aromatic heterocycles. The Morgan fingerprint density at radius 3 is 2.80 bits per heavy atom. The lowest BCUT2D eigenvalue weighted by molar-refractivity contribution is 0.101. The minimum atomic E-state index is -0.330. The highest BCUT2D eigenvalue weighted by Crippen LogP contribution is 2.20. The summed E-state index contributed by atoms with van der Waals surface area (Å²) in [5, 5.41) is 10.5. The average Bonchev–Trinajstić information content (AvgIpc) is 3.09. The molecule has 20 heavy (non-hydrogen) atoms. The van der Waals surface area contributed by atoms with Gasteiger partial charge in [0.2, 0.25) is 0 Å². The average molecular weight is 268 g/mol. The van der Waals surface area contributed by atoms with Crippen molar-refractivity contribution in [1.29, 1.82) is 0 Å². The van der Waals surface area contributed by atoms with Crippen molar-refractivity contribution in [2.45, 2.75) is 0 Å². The highest BCUT2D eigenvalue weighted by atomic mass is 16.5. The molecule has 0 saturated heterocycles. The molecular weight excluding hydrogens is 256 g/mol. The molecule has 0 aliphatic heterocycles. The zero-order chi connectivity index (χ0) is 13.9. The van der Waals surface area contributed by atoms with Crippen LogP contribution in [0.2, 0.25) is 0 Å². The number of hydrogen-bond donors (Lipinski definition) is 1.